The van der Waals surface area contributed by atoms with Crippen LogP contribution in [-0.4, -0.2) is 34.2 Å². The molecule has 0 unspecified atom stereocenters. The van der Waals surface area contributed by atoms with E-state index in [9.17, 15) is 14.7 Å². The summed E-state index contributed by atoms with van der Waals surface area (Å²) in [5.74, 6) is -0.448. The number of hydrogen-bond acceptors (Lipinski definition) is 5. The second-order valence-electron chi connectivity index (χ2n) is 9.45. The van der Waals surface area contributed by atoms with E-state index < -0.39 is 23.6 Å². The quantitative estimate of drug-likeness (QED) is 0.222. The van der Waals surface area contributed by atoms with Crippen LogP contribution < -0.4 is 10.6 Å². The summed E-state index contributed by atoms with van der Waals surface area (Å²) < 4.78 is 11.0. The van der Waals surface area contributed by atoms with Crippen LogP contribution in [0.5, 0.6) is 0 Å². The van der Waals surface area contributed by atoms with Gasteiger partial charge in [-0.3, -0.25) is 4.79 Å². The van der Waals surface area contributed by atoms with Gasteiger partial charge in [-0.15, -0.1) is 0 Å². The fourth-order valence-corrected chi connectivity index (χ4v) is 4.63. The van der Waals surface area contributed by atoms with Gasteiger partial charge in [0.15, 0.2) is 0 Å². The number of rotatable bonds is 9. The topological polar surface area (TPSA) is 117 Å². The number of furan rings is 1. The summed E-state index contributed by atoms with van der Waals surface area (Å²) in [6.07, 6.45) is 2.84. The Kier molecular flexibility index (Phi) is 7.15. The molecule has 2 atom stereocenters. The van der Waals surface area contributed by atoms with Crippen molar-refractivity contribution < 1.29 is 23.8 Å². The highest BCUT2D eigenvalue weighted by molar-refractivity contribution is 5.92. The van der Waals surface area contributed by atoms with E-state index in [0.29, 0.717) is 5.58 Å². The molecule has 8 heteroatoms. The van der Waals surface area contributed by atoms with Gasteiger partial charge in [0, 0.05) is 34.5 Å². The molecule has 0 aliphatic heterocycles. The molecule has 4 N–H and O–H groups in total. The third-order valence-electron chi connectivity index (χ3n) is 6.71. The number of aliphatic hydroxyl groups excluding tert-OH is 1. The van der Waals surface area contributed by atoms with Crippen LogP contribution in [0.25, 0.3) is 21.9 Å². The van der Waals surface area contributed by atoms with Crippen LogP contribution in [-0.2, 0) is 22.6 Å². The molecule has 5 aromatic rings. The maximum atomic E-state index is 13.7. The summed E-state index contributed by atoms with van der Waals surface area (Å²) in [5, 5.41) is 17.5. The standard InChI is InChI=1S/C30H29N3O5/c1-30(15-21-16-31-25-13-7-5-11-23(21)25,28(35)32-26(17-34)20-9-3-2-4-10-20)33-29(36)38-19-22-18-37-27-14-8-6-12-24(22)27/h2-14,16,18,26,31,34H,15,17,19H2,1H3,(H,32,35)(H,33,36)/t26-,30+/m0/s1. The Labute approximate surface area is 219 Å². The van der Waals surface area contributed by atoms with Gasteiger partial charge in [-0.1, -0.05) is 66.7 Å². The van der Waals surface area contributed by atoms with Crippen LogP contribution in [0.2, 0.25) is 0 Å². The molecule has 0 aliphatic rings. The third-order valence-corrected chi connectivity index (χ3v) is 6.71. The molecule has 0 fully saturated rings. The zero-order valence-electron chi connectivity index (χ0n) is 20.9. The van der Waals surface area contributed by atoms with Gasteiger partial charge in [0.05, 0.1) is 18.9 Å². The Hall–Kier alpha value is -4.56. The number of aromatic nitrogens is 1. The molecule has 8 nitrogen and oxygen atoms in total. The number of aliphatic hydroxyl groups is 1. The second kappa shape index (κ2) is 10.8. The summed E-state index contributed by atoms with van der Waals surface area (Å²) >= 11 is 0. The lowest BCUT2D eigenvalue weighted by Crippen LogP contribution is -2.59. The fourth-order valence-electron chi connectivity index (χ4n) is 4.63. The zero-order chi connectivity index (χ0) is 26.5. The minimum Gasteiger partial charge on any atom is -0.464 e. The van der Waals surface area contributed by atoms with Crippen LogP contribution >= 0.6 is 0 Å². The number of amides is 2. The predicted octanol–water partition coefficient (Wildman–Crippen LogP) is 4.99. The lowest BCUT2D eigenvalue weighted by molar-refractivity contribution is -0.128. The van der Waals surface area contributed by atoms with Gasteiger partial charge in [0.25, 0.3) is 0 Å². The number of benzene rings is 3. The molecule has 0 aliphatic carbocycles. The first-order valence-electron chi connectivity index (χ1n) is 12.4. The first-order valence-corrected chi connectivity index (χ1v) is 12.4. The van der Waals surface area contributed by atoms with Crippen LogP contribution in [0, 0.1) is 0 Å². The number of alkyl carbamates (subject to hydrolysis) is 1. The average molecular weight is 512 g/mol. The molecular weight excluding hydrogens is 482 g/mol. The molecule has 2 amide bonds. The van der Waals surface area contributed by atoms with Gasteiger partial charge >= 0.3 is 6.09 Å². The Morgan fingerprint density at radius 2 is 1.68 bits per heavy atom. The van der Waals surface area contributed by atoms with E-state index in [1.54, 1.807) is 13.2 Å². The van der Waals surface area contributed by atoms with E-state index >= 15 is 0 Å². The predicted molar refractivity (Wildman–Crippen MR) is 144 cm³/mol. The van der Waals surface area contributed by atoms with Crippen molar-refractivity contribution in [2.75, 3.05) is 6.61 Å². The third kappa shape index (κ3) is 5.26. The first-order chi connectivity index (χ1) is 18.5. The minimum absolute atomic E-state index is 0.0170. The van der Waals surface area contributed by atoms with Gasteiger partial charge in [-0.05, 0) is 30.2 Å². The molecule has 0 bridgehead atoms. The van der Waals surface area contributed by atoms with E-state index in [1.807, 2.05) is 85.1 Å². The molecule has 0 spiro atoms. The molecule has 5 rings (SSSR count). The molecule has 0 radical (unpaired) electrons. The summed E-state index contributed by atoms with van der Waals surface area (Å²) in [4.78, 5) is 29.9. The highest BCUT2D eigenvalue weighted by Crippen LogP contribution is 2.25. The summed E-state index contributed by atoms with van der Waals surface area (Å²) in [7, 11) is 0. The van der Waals surface area contributed by atoms with E-state index in [0.717, 1.165) is 33.0 Å². The molecule has 194 valence electrons. The molecular formula is C30H29N3O5. The number of hydrogen-bond donors (Lipinski definition) is 4. The molecule has 0 saturated heterocycles. The summed E-state index contributed by atoms with van der Waals surface area (Å²) in [6.45, 7) is 1.34. The van der Waals surface area contributed by atoms with Crippen molar-refractivity contribution in [3.8, 4) is 0 Å². The largest absolute Gasteiger partial charge is 0.464 e. The summed E-state index contributed by atoms with van der Waals surface area (Å²) in [5.41, 5.74) is 2.58. The normalized spacial score (nSPS) is 13.6. The number of ether oxygens (including phenoxy) is 1. The molecule has 2 aromatic heterocycles. The van der Waals surface area contributed by atoms with Crippen molar-refractivity contribution in [3.05, 3.63) is 108 Å². The van der Waals surface area contributed by atoms with Crippen molar-refractivity contribution >= 4 is 33.9 Å². The zero-order valence-corrected chi connectivity index (χ0v) is 20.9. The smallest absolute Gasteiger partial charge is 0.408 e. The minimum atomic E-state index is -1.39. The fraction of sp³-hybridized carbons (Fsp3) is 0.200. The van der Waals surface area contributed by atoms with E-state index in [2.05, 4.69) is 15.6 Å². The Morgan fingerprint density at radius 1 is 0.974 bits per heavy atom. The van der Waals surface area contributed by atoms with E-state index in [-0.39, 0.29) is 19.6 Å². The molecule has 2 heterocycles. The van der Waals surface area contributed by atoms with Crippen molar-refractivity contribution in [1.29, 1.82) is 0 Å². The number of carbonyl (C=O) groups is 2. The number of fused-ring (bicyclic) bond motifs is 2. The van der Waals surface area contributed by atoms with Crippen LogP contribution in [0.3, 0.4) is 0 Å². The van der Waals surface area contributed by atoms with Gasteiger partial charge in [0.1, 0.15) is 17.7 Å². The lowest BCUT2D eigenvalue weighted by Gasteiger charge is -2.31. The highest BCUT2D eigenvalue weighted by atomic mass is 16.5. The monoisotopic (exact) mass is 511 g/mol. The van der Waals surface area contributed by atoms with Crippen LogP contribution in [0.15, 0.2) is 95.7 Å². The number of para-hydroxylation sites is 2. The lowest BCUT2D eigenvalue weighted by atomic mass is 9.91. The van der Waals surface area contributed by atoms with Crippen molar-refractivity contribution in [3.63, 3.8) is 0 Å². The first kappa shape index (κ1) is 25.1. The SMILES string of the molecule is C[C@](Cc1c[nH]c2ccccc12)(NC(=O)OCc1coc2ccccc12)C(=O)N[C@@H](CO)c1ccccc1. The number of nitrogens with one attached hydrogen (secondary N) is 3. The average Bonchev–Trinajstić information content (AvgIpc) is 3.55. The Bertz CT molecular complexity index is 1560. The number of H-pyrrole nitrogens is 1. The van der Waals surface area contributed by atoms with Crippen LogP contribution in [0.1, 0.15) is 29.7 Å². The highest BCUT2D eigenvalue weighted by Gasteiger charge is 2.37. The number of carbonyl (C=O) groups excluding carboxylic acids is 2. The van der Waals surface area contributed by atoms with Gasteiger partial charge in [-0.25, -0.2) is 4.79 Å². The number of aromatic amines is 1. The molecule has 3 aromatic carbocycles. The molecule has 38 heavy (non-hydrogen) atoms. The summed E-state index contributed by atoms with van der Waals surface area (Å²) in [6, 6.07) is 23.8. The van der Waals surface area contributed by atoms with Crippen molar-refractivity contribution in [1.82, 2.24) is 15.6 Å². The van der Waals surface area contributed by atoms with Crippen molar-refractivity contribution in [2.24, 2.45) is 0 Å². The molecule has 0 saturated carbocycles. The Morgan fingerprint density at radius 3 is 2.47 bits per heavy atom. The maximum Gasteiger partial charge on any atom is 0.408 e. The Balaban J connectivity index is 1.37. The van der Waals surface area contributed by atoms with Gasteiger partial charge in [0.2, 0.25) is 5.91 Å². The van der Waals surface area contributed by atoms with E-state index in [1.165, 1.54) is 0 Å². The second-order valence-corrected chi connectivity index (χ2v) is 9.45. The van der Waals surface area contributed by atoms with E-state index in [4.69, 9.17) is 9.15 Å². The van der Waals surface area contributed by atoms with Gasteiger partial charge in [-0.2, -0.15) is 0 Å². The van der Waals surface area contributed by atoms with Crippen molar-refractivity contribution in [2.45, 2.75) is 31.5 Å². The van der Waals surface area contributed by atoms with Crippen LogP contribution in [0.4, 0.5) is 4.79 Å². The maximum absolute atomic E-state index is 13.7. The van der Waals surface area contributed by atoms with Gasteiger partial charge < -0.3 is 29.9 Å².